The molecule has 0 amide bonds. The summed E-state index contributed by atoms with van der Waals surface area (Å²) < 4.78 is 4.74. The molecule has 2 heteroatoms. The molecule has 0 aliphatic rings. The van der Waals surface area contributed by atoms with Crippen molar-refractivity contribution in [1.82, 2.24) is 0 Å². The lowest BCUT2D eigenvalue weighted by Gasteiger charge is -1.92. The van der Waals surface area contributed by atoms with Crippen LogP contribution in [0, 0.1) is 12.3 Å². The zero-order valence-corrected chi connectivity index (χ0v) is 6.05. The normalized spacial score (nSPS) is 8.50. The summed E-state index contributed by atoms with van der Waals surface area (Å²) in [6, 6.07) is 0. The Kier molecular flexibility index (Phi) is 6.91. The van der Waals surface area contributed by atoms with Gasteiger partial charge in [-0.1, -0.05) is 0 Å². The molecule has 0 saturated carbocycles. The Morgan fingerprint density at radius 3 is 2.75 bits per heavy atom. The highest BCUT2D eigenvalue weighted by molar-refractivity contribution is 7.09. The third-order valence-corrected chi connectivity index (χ3v) is 1.07. The lowest BCUT2D eigenvalue weighted by atomic mass is 10.2. The standard InChI is InChI=1S/C6H11OP/c1-2-3-4-5-6-7-8/h1H,3-6,8H2. The molecule has 0 aliphatic carbocycles. The molecule has 0 bridgehead atoms. The molecular weight excluding hydrogens is 119 g/mol. The summed E-state index contributed by atoms with van der Waals surface area (Å²) in [6.07, 6.45) is 8.02. The largest absolute Gasteiger partial charge is 0.366 e. The molecule has 0 spiro atoms. The number of hydrogen-bond donors (Lipinski definition) is 0. The van der Waals surface area contributed by atoms with Crippen molar-refractivity contribution in [2.75, 3.05) is 6.61 Å². The molecule has 1 nitrogen and oxygen atoms in total. The van der Waals surface area contributed by atoms with Crippen LogP contribution in [0.3, 0.4) is 0 Å². The molecular formula is C6H11OP. The smallest absolute Gasteiger partial charge is 0.0502 e. The van der Waals surface area contributed by atoms with E-state index in [-0.39, 0.29) is 0 Å². The Morgan fingerprint density at radius 2 is 2.25 bits per heavy atom. The van der Waals surface area contributed by atoms with Crippen LogP contribution in [-0.2, 0) is 4.52 Å². The van der Waals surface area contributed by atoms with Crippen molar-refractivity contribution >= 4 is 9.47 Å². The Balaban J connectivity index is 2.65. The van der Waals surface area contributed by atoms with Crippen molar-refractivity contribution in [3.05, 3.63) is 0 Å². The minimum atomic E-state index is 0.798. The van der Waals surface area contributed by atoms with Crippen molar-refractivity contribution < 1.29 is 4.52 Å². The molecule has 0 rings (SSSR count). The van der Waals surface area contributed by atoms with Crippen LogP contribution in [0.2, 0.25) is 0 Å². The van der Waals surface area contributed by atoms with Gasteiger partial charge in [0, 0.05) is 15.9 Å². The minimum Gasteiger partial charge on any atom is -0.366 e. The summed E-state index contributed by atoms with van der Waals surface area (Å²) in [4.78, 5) is 0. The average Bonchev–Trinajstić information content (AvgIpc) is 1.81. The quantitative estimate of drug-likeness (QED) is 0.319. The fourth-order valence-corrected chi connectivity index (χ4v) is 0.579. The van der Waals surface area contributed by atoms with E-state index in [1.165, 1.54) is 0 Å². The van der Waals surface area contributed by atoms with Gasteiger partial charge in [-0.25, -0.2) is 0 Å². The van der Waals surface area contributed by atoms with Crippen LogP contribution in [0.4, 0.5) is 0 Å². The van der Waals surface area contributed by atoms with Gasteiger partial charge in [0.1, 0.15) is 0 Å². The molecule has 0 saturated heterocycles. The molecule has 0 radical (unpaired) electrons. The molecule has 0 heterocycles. The molecule has 1 unspecified atom stereocenters. The zero-order chi connectivity index (χ0) is 6.24. The first-order chi connectivity index (χ1) is 3.91. The summed E-state index contributed by atoms with van der Waals surface area (Å²) in [5.41, 5.74) is 0. The van der Waals surface area contributed by atoms with Gasteiger partial charge in [-0.3, -0.25) is 0 Å². The summed E-state index contributed by atoms with van der Waals surface area (Å²) >= 11 is 0. The van der Waals surface area contributed by atoms with Crippen LogP contribution in [0.15, 0.2) is 0 Å². The molecule has 8 heavy (non-hydrogen) atoms. The Hall–Kier alpha value is -0.0500. The van der Waals surface area contributed by atoms with Gasteiger partial charge in [0.15, 0.2) is 0 Å². The monoisotopic (exact) mass is 130 g/mol. The Bertz CT molecular complexity index is 75.1. The molecule has 0 aromatic carbocycles. The fraction of sp³-hybridized carbons (Fsp3) is 0.667. The maximum absolute atomic E-state index is 5.01. The van der Waals surface area contributed by atoms with Crippen LogP contribution < -0.4 is 0 Å². The summed E-state index contributed by atoms with van der Waals surface area (Å²) in [5.74, 6) is 2.56. The van der Waals surface area contributed by atoms with E-state index in [1.807, 2.05) is 0 Å². The van der Waals surface area contributed by atoms with Gasteiger partial charge in [-0.15, -0.1) is 12.3 Å². The van der Waals surface area contributed by atoms with E-state index < -0.39 is 0 Å². The number of terminal acetylenes is 1. The minimum absolute atomic E-state index is 0.798. The van der Waals surface area contributed by atoms with Crippen LogP contribution in [0.25, 0.3) is 0 Å². The van der Waals surface area contributed by atoms with Crippen molar-refractivity contribution in [3.63, 3.8) is 0 Å². The van der Waals surface area contributed by atoms with Crippen molar-refractivity contribution in [3.8, 4) is 12.3 Å². The van der Waals surface area contributed by atoms with E-state index >= 15 is 0 Å². The molecule has 0 aromatic rings. The van der Waals surface area contributed by atoms with Crippen LogP contribution in [-0.4, -0.2) is 6.61 Å². The highest BCUT2D eigenvalue weighted by Gasteiger charge is 1.81. The van der Waals surface area contributed by atoms with Crippen LogP contribution in [0.5, 0.6) is 0 Å². The predicted molar refractivity (Wildman–Crippen MR) is 38.3 cm³/mol. The molecule has 0 fully saturated rings. The molecule has 0 aliphatic heterocycles. The van der Waals surface area contributed by atoms with Gasteiger partial charge in [0.2, 0.25) is 0 Å². The first-order valence-corrected chi connectivity index (χ1v) is 3.14. The third-order valence-electron chi connectivity index (χ3n) is 0.833. The number of hydrogen-bond acceptors (Lipinski definition) is 1. The van der Waals surface area contributed by atoms with Gasteiger partial charge >= 0.3 is 0 Å². The number of unbranched alkanes of at least 4 members (excludes halogenated alkanes) is 2. The first-order valence-electron chi connectivity index (χ1n) is 2.67. The highest BCUT2D eigenvalue weighted by Crippen LogP contribution is 1.95. The fourth-order valence-electron chi connectivity index (χ4n) is 0.412. The van der Waals surface area contributed by atoms with E-state index in [4.69, 9.17) is 10.9 Å². The SMILES string of the molecule is C#CCCCCOP. The van der Waals surface area contributed by atoms with Gasteiger partial charge in [0.25, 0.3) is 0 Å². The van der Waals surface area contributed by atoms with E-state index in [1.54, 1.807) is 0 Å². The topological polar surface area (TPSA) is 9.23 Å². The average molecular weight is 130 g/mol. The molecule has 46 valence electrons. The van der Waals surface area contributed by atoms with Crippen LogP contribution >= 0.6 is 9.47 Å². The number of rotatable bonds is 4. The van der Waals surface area contributed by atoms with Crippen LogP contribution in [0.1, 0.15) is 19.3 Å². The van der Waals surface area contributed by atoms with Crippen molar-refractivity contribution in [2.24, 2.45) is 0 Å². The molecule has 1 atom stereocenters. The second-order valence-corrected chi connectivity index (χ2v) is 1.87. The maximum Gasteiger partial charge on any atom is 0.0502 e. The van der Waals surface area contributed by atoms with E-state index in [9.17, 15) is 0 Å². The van der Waals surface area contributed by atoms with E-state index in [0.29, 0.717) is 0 Å². The van der Waals surface area contributed by atoms with Crippen molar-refractivity contribution in [2.45, 2.75) is 19.3 Å². The molecule has 0 N–H and O–H groups in total. The van der Waals surface area contributed by atoms with E-state index in [0.717, 1.165) is 25.9 Å². The summed E-state index contributed by atoms with van der Waals surface area (Å²) in [5, 5.41) is 0. The summed E-state index contributed by atoms with van der Waals surface area (Å²) in [7, 11) is 2.21. The first kappa shape index (κ1) is 7.95. The third kappa shape index (κ3) is 5.95. The van der Waals surface area contributed by atoms with Gasteiger partial charge in [0.05, 0.1) is 6.61 Å². The maximum atomic E-state index is 5.01. The molecule has 0 aromatic heterocycles. The Morgan fingerprint density at radius 1 is 1.50 bits per heavy atom. The Labute approximate surface area is 53.1 Å². The second kappa shape index (κ2) is 6.95. The zero-order valence-electron chi connectivity index (χ0n) is 4.89. The lowest BCUT2D eigenvalue weighted by Crippen LogP contribution is -1.81. The predicted octanol–water partition coefficient (Wildman–Crippen LogP) is 1.60. The summed E-state index contributed by atoms with van der Waals surface area (Å²) in [6.45, 7) is 0.798. The lowest BCUT2D eigenvalue weighted by molar-refractivity contribution is 0.358. The van der Waals surface area contributed by atoms with Gasteiger partial charge in [-0.05, 0) is 12.8 Å². The highest BCUT2D eigenvalue weighted by atomic mass is 31.0. The second-order valence-electron chi connectivity index (χ2n) is 1.53. The van der Waals surface area contributed by atoms with Gasteiger partial charge in [-0.2, -0.15) is 0 Å². The van der Waals surface area contributed by atoms with Gasteiger partial charge < -0.3 is 4.52 Å². The van der Waals surface area contributed by atoms with E-state index in [2.05, 4.69) is 15.4 Å². The van der Waals surface area contributed by atoms with Crippen molar-refractivity contribution in [1.29, 1.82) is 0 Å².